The second-order valence-electron chi connectivity index (χ2n) is 1.98. The third-order valence-corrected chi connectivity index (χ3v) is 1.41. The Balaban J connectivity index is 2.43. The van der Waals surface area contributed by atoms with E-state index in [2.05, 4.69) is 24.6 Å². The molecule has 0 saturated carbocycles. The third kappa shape index (κ3) is 1.26. The summed E-state index contributed by atoms with van der Waals surface area (Å²) in [6, 6.07) is 0. The molecule has 2 aromatic rings. The second-order valence-corrected chi connectivity index (χ2v) is 2.37. The van der Waals surface area contributed by atoms with Gasteiger partial charge in [0, 0.05) is 0 Å². The smallest absolute Gasteiger partial charge is 0.222 e. The molecule has 0 aliphatic heterocycles. The first kappa shape index (κ1) is 7.17. The fourth-order valence-corrected chi connectivity index (χ4v) is 0.809. The molecule has 60 valence electrons. The van der Waals surface area contributed by atoms with E-state index in [0.29, 0.717) is 16.7 Å². The van der Waals surface area contributed by atoms with Crippen LogP contribution in [-0.4, -0.2) is 20.1 Å². The van der Waals surface area contributed by atoms with Gasteiger partial charge in [0.2, 0.25) is 12.2 Å². The van der Waals surface area contributed by atoms with Crippen molar-refractivity contribution >= 4 is 11.6 Å². The summed E-state index contributed by atoms with van der Waals surface area (Å²) in [5.41, 5.74) is 0.535. The fraction of sp³-hybridized carbons (Fsp3) is 0. The quantitative estimate of drug-likeness (QED) is 0.663. The molecule has 2 heterocycles. The lowest BCUT2D eigenvalue weighted by atomic mass is 10.4. The lowest BCUT2D eigenvalue weighted by Gasteiger charge is -1.90. The van der Waals surface area contributed by atoms with Crippen LogP contribution in [-0.2, 0) is 0 Å². The van der Waals surface area contributed by atoms with Gasteiger partial charge in [0.05, 0.1) is 12.4 Å². The molecule has 0 unspecified atom stereocenters. The lowest BCUT2D eigenvalue weighted by molar-refractivity contribution is 0.418. The zero-order valence-electron chi connectivity index (χ0n) is 5.81. The molecule has 0 saturated heterocycles. The van der Waals surface area contributed by atoms with Crippen LogP contribution in [0.15, 0.2) is 23.3 Å². The molecule has 0 spiro atoms. The van der Waals surface area contributed by atoms with Gasteiger partial charge >= 0.3 is 0 Å². The molecule has 0 amide bonds. The van der Waals surface area contributed by atoms with Gasteiger partial charge in [-0.3, -0.25) is 0 Å². The van der Waals surface area contributed by atoms with Crippen LogP contribution >= 0.6 is 11.6 Å². The Bertz CT molecular complexity index is 358. The summed E-state index contributed by atoms with van der Waals surface area (Å²) in [7, 11) is 0. The van der Waals surface area contributed by atoms with Gasteiger partial charge in [-0.2, -0.15) is 4.98 Å². The van der Waals surface area contributed by atoms with Crippen molar-refractivity contribution in [3.63, 3.8) is 0 Å². The predicted octanol–water partition coefficient (Wildman–Crippen LogP) is 1.18. The van der Waals surface area contributed by atoms with Gasteiger partial charge in [-0.05, 0) is 0 Å². The minimum absolute atomic E-state index is 0.335. The topological polar surface area (TPSA) is 64.7 Å². The van der Waals surface area contributed by atoms with E-state index in [1.807, 2.05) is 0 Å². The zero-order chi connectivity index (χ0) is 8.39. The van der Waals surface area contributed by atoms with E-state index >= 15 is 0 Å². The first-order valence-electron chi connectivity index (χ1n) is 3.10. The van der Waals surface area contributed by atoms with Gasteiger partial charge in [-0.25, -0.2) is 9.97 Å². The maximum Gasteiger partial charge on any atom is 0.222 e. The number of halogens is 1. The number of aromatic nitrogens is 4. The highest BCUT2D eigenvalue weighted by Crippen LogP contribution is 2.10. The van der Waals surface area contributed by atoms with Crippen LogP contribution in [0, 0.1) is 0 Å². The molecule has 6 heteroatoms. The molecule has 5 nitrogen and oxygen atoms in total. The first-order valence-corrected chi connectivity index (χ1v) is 3.48. The lowest BCUT2D eigenvalue weighted by Crippen LogP contribution is -1.86. The first-order chi connectivity index (χ1) is 5.86. The molecule has 0 aliphatic carbocycles. The van der Waals surface area contributed by atoms with Gasteiger partial charge in [-0.15, -0.1) is 0 Å². The van der Waals surface area contributed by atoms with Gasteiger partial charge in [0.15, 0.2) is 0 Å². The van der Waals surface area contributed by atoms with Crippen molar-refractivity contribution in [2.45, 2.75) is 0 Å². The van der Waals surface area contributed by atoms with Crippen molar-refractivity contribution in [1.82, 2.24) is 20.1 Å². The van der Waals surface area contributed by atoms with Crippen LogP contribution < -0.4 is 0 Å². The Morgan fingerprint density at radius 1 is 1.17 bits per heavy atom. The van der Waals surface area contributed by atoms with E-state index in [0.717, 1.165) is 0 Å². The normalized spacial score (nSPS) is 10.1. The van der Waals surface area contributed by atoms with Crippen LogP contribution in [0.5, 0.6) is 0 Å². The Morgan fingerprint density at radius 3 is 2.67 bits per heavy atom. The van der Waals surface area contributed by atoms with Crippen LogP contribution in [0.25, 0.3) is 11.5 Å². The maximum absolute atomic E-state index is 5.54. The second kappa shape index (κ2) is 2.86. The average molecular weight is 183 g/mol. The number of hydrogen-bond donors (Lipinski definition) is 0. The van der Waals surface area contributed by atoms with Gasteiger partial charge < -0.3 is 4.52 Å². The molecule has 0 atom stereocenters. The highest BCUT2D eigenvalue weighted by atomic mass is 35.5. The predicted molar refractivity (Wildman–Crippen MR) is 40.3 cm³/mol. The summed E-state index contributed by atoms with van der Waals surface area (Å²) in [5, 5.41) is 3.92. The molecule has 0 radical (unpaired) electrons. The van der Waals surface area contributed by atoms with E-state index in [9.17, 15) is 0 Å². The van der Waals surface area contributed by atoms with Crippen molar-refractivity contribution < 1.29 is 4.52 Å². The van der Waals surface area contributed by atoms with Crippen molar-refractivity contribution in [2.24, 2.45) is 0 Å². The fourth-order valence-electron chi connectivity index (χ4n) is 0.711. The molecule has 0 fully saturated rings. The van der Waals surface area contributed by atoms with Crippen molar-refractivity contribution in [2.75, 3.05) is 0 Å². The molecule has 0 bridgehead atoms. The van der Waals surface area contributed by atoms with E-state index < -0.39 is 0 Å². The molecule has 12 heavy (non-hydrogen) atoms. The summed E-state index contributed by atoms with van der Waals surface area (Å²) < 4.78 is 4.54. The number of hydrogen-bond acceptors (Lipinski definition) is 5. The van der Waals surface area contributed by atoms with Crippen molar-refractivity contribution in [3.8, 4) is 11.5 Å². The minimum Gasteiger partial charge on any atom is -0.342 e. The van der Waals surface area contributed by atoms with Gasteiger partial charge in [0.1, 0.15) is 10.8 Å². The SMILES string of the molecule is Clc1cnc(-c2ncon2)cn1. The summed E-state index contributed by atoms with van der Waals surface area (Å²) >= 11 is 5.54. The van der Waals surface area contributed by atoms with E-state index in [-0.39, 0.29) is 0 Å². The zero-order valence-corrected chi connectivity index (χ0v) is 6.56. The Kier molecular flexibility index (Phi) is 1.71. The summed E-state index contributed by atoms with van der Waals surface area (Å²) in [6.45, 7) is 0. The Labute approximate surface area is 72.4 Å². The summed E-state index contributed by atoms with van der Waals surface area (Å²) in [6.07, 6.45) is 4.13. The highest BCUT2D eigenvalue weighted by molar-refractivity contribution is 6.29. The highest BCUT2D eigenvalue weighted by Gasteiger charge is 2.03. The molecular weight excluding hydrogens is 180 g/mol. The maximum atomic E-state index is 5.54. The summed E-state index contributed by atoms with van der Waals surface area (Å²) in [5.74, 6) is 0.402. The van der Waals surface area contributed by atoms with E-state index in [1.54, 1.807) is 0 Å². The van der Waals surface area contributed by atoms with E-state index in [1.165, 1.54) is 18.8 Å². The molecular formula is C6H3ClN4O. The Morgan fingerprint density at radius 2 is 2.08 bits per heavy atom. The molecule has 2 rings (SSSR count). The number of nitrogens with zero attached hydrogens (tertiary/aromatic N) is 4. The molecule has 0 N–H and O–H groups in total. The molecule has 2 aromatic heterocycles. The minimum atomic E-state index is 0.335. The molecule has 0 aromatic carbocycles. The third-order valence-electron chi connectivity index (χ3n) is 1.21. The van der Waals surface area contributed by atoms with Crippen LogP contribution in [0.3, 0.4) is 0 Å². The standard InChI is InChI=1S/C6H3ClN4O/c7-5-2-8-4(1-9-5)6-10-3-12-11-6/h1-3H. The van der Waals surface area contributed by atoms with Crippen molar-refractivity contribution in [1.29, 1.82) is 0 Å². The number of rotatable bonds is 1. The van der Waals surface area contributed by atoms with Crippen LogP contribution in [0.1, 0.15) is 0 Å². The largest absolute Gasteiger partial charge is 0.342 e. The van der Waals surface area contributed by atoms with Gasteiger partial charge in [0.25, 0.3) is 0 Å². The summed E-state index contributed by atoms with van der Waals surface area (Å²) in [4.78, 5) is 11.6. The van der Waals surface area contributed by atoms with Crippen LogP contribution in [0.2, 0.25) is 5.15 Å². The average Bonchev–Trinajstić information content (AvgIpc) is 2.58. The van der Waals surface area contributed by atoms with Crippen LogP contribution in [0.4, 0.5) is 0 Å². The van der Waals surface area contributed by atoms with Crippen molar-refractivity contribution in [3.05, 3.63) is 23.9 Å². The monoisotopic (exact) mass is 182 g/mol. The molecule has 0 aliphatic rings. The van der Waals surface area contributed by atoms with Gasteiger partial charge in [-0.1, -0.05) is 16.8 Å². The Hall–Kier alpha value is -1.49. The van der Waals surface area contributed by atoms with E-state index in [4.69, 9.17) is 11.6 Å².